The van der Waals surface area contributed by atoms with Crippen molar-refractivity contribution in [2.24, 2.45) is 0 Å². The molecule has 0 radical (unpaired) electrons. The summed E-state index contributed by atoms with van der Waals surface area (Å²) in [6, 6.07) is 16.7. The normalized spacial score (nSPS) is 14.5. The van der Waals surface area contributed by atoms with Crippen molar-refractivity contribution in [2.45, 2.75) is 72.3 Å². The van der Waals surface area contributed by atoms with Crippen LogP contribution >= 0.6 is 0 Å². The molecule has 0 unspecified atom stereocenters. The Hall–Kier alpha value is -3.98. The summed E-state index contributed by atoms with van der Waals surface area (Å²) in [5.74, 6) is 0.516. The second-order valence-corrected chi connectivity index (χ2v) is 11.4. The van der Waals surface area contributed by atoms with Gasteiger partial charge in [-0.2, -0.15) is 10.1 Å². The fraction of sp³-hybridized carbons (Fsp3) is 0.419. The SMILES string of the molecule is Cc1ccc(Cn2nc(-c3cc(COC4CCN(C(=O)OC(C)(C)C)CC4)ccc3-c3ncon3)cc2C)cc1. The number of piperidine rings is 1. The smallest absolute Gasteiger partial charge is 0.410 e. The number of nitrogens with zero attached hydrogens (tertiary/aromatic N) is 5. The van der Waals surface area contributed by atoms with Crippen molar-refractivity contribution < 1.29 is 18.8 Å². The quantitative estimate of drug-likeness (QED) is 0.275. The second kappa shape index (κ2) is 11.6. The summed E-state index contributed by atoms with van der Waals surface area (Å²) in [4.78, 5) is 18.4. The van der Waals surface area contributed by atoms with Gasteiger partial charge in [-0.3, -0.25) is 4.68 Å². The molecule has 4 aromatic rings. The van der Waals surface area contributed by atoms with E-state index in [0.717, 1.165) is 40.9 Å². The number of hydrogen-bond acceptors (Lipinski definition) is 7. The third kappa shape index (κ3) is 6.77. The van der Waals surface area contributed by atoms with Crippen LogP contribution in [0.1, 0.15) is 56.0 Å². The molecule has 1 aliphatic rings. The van der Waals surface area contributed by atoms with Gasteiger partial charge in [0.25, 0.3) is 0 Å². The predicted molar refractivity (Wildman–Crippen MR) is 152 cm³/mol. The highest BCUT2D eigenvalue weighted by atomic mass is 16.6. The van der Waals surface area contributed by atoms with E-state index in [4.69, 9.17) is 19.1 Å². The Bertz CT molecular complexity index is 1430. The van der Waals surface area contributed by atoms with Crippen molar-refractivity contribution >= 4 is 6.09 Å². The van der Waals surface area contributed by atoms with Gasteiger partial charge in [-0.1, -0.05) is 47.1 Å². The molecule has 1 saturated heterocycles. The molecule has 3 heterocycles. The predicted octanol–water partition coefficient (Wildman–Crippen LogP) is 6.18. The van der Waals surface area contributed by atoms with Crippen LogP contribution in [0.15, 0.2) is 59.4 Å². The first-order valence-corrected chi connectivity index (χ1v) is 13.7. The molecule has 9 nitrogen and oxygen atoms in total. The summed E-state index contributed by atoms with van der Waals surface area (Å²) in [6.07, 6.45) is 2.70. The summed E-state index contributed by atoms with van der Waals surface area (Å²) in [7, 11) is 0. The van der Waals surface area contributed by atoms with E-state index < -0.39 is 5.60 Å². The topological polar surface area (TPSA) is 95.5 Å². The zero-order valence-electron chi connectivity index (χ0n) is 23.9. The number of carbonyl (C=O) groups is 1. The van der Waals surface area contributed by atoms with Crippen LogP contribution in [0.4, 0.5) is 4.79 Å². The third-order valence-corrected chi connectivity index (χ3v) is 6.98. The molecule has 1 amide bonds. The molecule has 0 atom stereocenters. The van der Waals surface area contributed by atoms with Crippen molar-refractivity contribution in [1.82, 2.24) is 24.8 Å². The van der Waals surface area contributed by atoms with Crippen LogP contribution in [0.3, 0.4) is 0 Å². The average molecular weight is 544 g/mol. The van der Waals surface area contributed by atoms with Crippen LogP contribution in [0.2, 0.25) is 0 Å². The fourth-order valence-corrected chi connectivity index (χ4v) is 4.79. The summed E-state index contributed by atoms with van der Waals surface area (Å²) in [5, 5.41) is 9.03. The Labute approximate surface area is 235 Å². The van der Waals surface area contributed by atoms with Gasteiger partial charge in [-0.25, -0.2) is 4.79 Å². The van der Waals surface area contributed by atoms with Gasteiger partial charge in [-0.15, -0.1) is 0 Å². The third-order valence-electron chi connectivity index (χ3n) is 6.98. The molecule has 2 aromatic heterocycles. The maximum atomic E-state index is 12.4. The van der Waals surface area contributed by atoms with E-state index in [1.807, 2.05) is 37.6 Å². The highest BCUT2D eigenvalue weighted by molar-refractivity contribution is 5.79. The first-order valence-electron chi connectivity index (χ1n) is 13.7. The molecule has 9 heteroatoms. The molecule has 0 aliphatic carbocycles. The minimum Gasteiger partial charge on any atom is -0.444 e. The Morgan fingerprint density at radius 1 is 1.00 bits per heavy atom. The first kappa shape index (κ1) is 27.6. The van der Waals surface area contributed by atoms with Crippen molar-refractivity contribution in [1.29, 1.82) is 0 Å². The summed E-state index contributed by atoms with van der Waals surface area (Å²) in [6.45, 7) is 12.2. The van der Waals surface area contributed by atoms with Gasteiger partial charge < -0.3 is 18.9 Å². The van der Waals surface area contributed by atoms with E-state index in [1.165, 1.54) is 17.5 Å². The van der Waals surface area contributed by atoms with E-state index >= 15 is 0 Å². The van der Waals surface area contributed by atoms with Gasteiger partial charge in [0.15, 0.2) is 0 Å². The number of rotatable bonds is 7. The molecule has 0 saturated carbocycles. The Kier molecular flexibility index (Phi) is 8.02. The molecule has 210 valence electrons. The summed E-state index contributed by atoms with van der Waals surface area (Å²) in [5.41, 5.74) is 6.65. The summed E-state index contributed by atoms with van der Waals surface area (Å²) < 4.78 is 18.8. The molecular formula is C31H37N5O4. The van der Waals surface area contributed by atoms with Gasteiger partial charge >= 0.3 is 6.09 Å². The van der Waals surface area contributed by atoms with Crippen LogP contribution in [0.5, 0.6) is 0 Å². The lowest BCUT2D eigenvalue weighted by Crippen LogP contribution is -2.43. The number of ether oxygens (including phenoxy) is 2. The van der Waals surface area contributed by atoms with Crippen LogP contribution in [0, 0.1) is 13.8 Å². The first-order chi connectivity index (χ1) is 19.1. The van der Waals surface area contributed by atoms with Crippen LogP contribution in [-0.2, 0) is 22.6 Å². The fourth-order valence-electron chi connectivity index (χ4n) is 4.79. The van der Waals surface area contributed by atoms with Gasteiger partial charge in [0.2, 0.25) is 12.2 Å². The number of aromatic nitrogens is 4. The van der Waals surface area contributed by atoms with Crippen molar-refractivity contribution in [3.05, 3.63) is 77.3 Å². The van der Waals surface area contributed by atoms with Crippen molar-refractivity contribution in [3.8, 4) is 22.6 Å². The van der Waals surface area contributed by atoms with Crippen molar-refractivity contribution in [3.63, 3.8) is 0 Å². The molecule has 0 N–H and O–H groups in total. The number of aryl methyl sites for hydroxylation is 2. The minimum absolute atomic E-state index is 0.0787. The van der Waals surface area contributed by atoms with E-state index in [0.29, 0.717) is 32.1 Å². The zero-order valence-corrected chi connectivity index (χ0v) is 23.9. The maximum absolute atomic E-state index is 12.4. The Morgan fingerprint density at radius 3 is 2.40 bits per heavy atom. The molecule has 1 aliphatic heterocycles. The second-order valence-electron chi connectivity index (χ2n) is 11.4. The average Bonchev–Trinajstić information content (AvgIpc) is 3.58. The molecule has 0 spiro atoms. The minimum atomic E-state index is -0.495. The lowest BCUT2D eigenvalue weighted by molar-refractivity contribution is -0.0170. The highest BCUT2D eigenvalue weighted by Gasteiger charge is 2.27. The van der Waals surface area contributed by atoms with E-state index in [-0.39, 0.29) is 12.2 Å². The van der Waals surface area contributed by atoms with Crippen LogP contribution < -0.4 is 0 Å². The highest BCUT2D eigenvalue weighted by Crippen LogP contribution is 2.32. The number of hydrogen-bond donors (Lipinski definition) is 0. The van der Waals surface area contributed by atoms with E-state index in [2.05, 4.69) is 60.4 Å². The molecular weight excluding hydrogens is 506 g/mol. The maximum Gasteiger partial charge on any atom is 0.410 e. The molecule has 40 heavy (non-hydrogen) atoms. The summed E-state index contributed by atoms with van der Waals surface area (Å²) >= 11 is 0. The number of carbonyl (C=O) groups excluding carboxylic acids is 1. The van der Waals surface area contributed by atoms with E-state index in [1.54, 1.807) is 4.90 Å². The zero-order chi connectivity index (χ0) is 28.3. The van der Waals surface area contributed by atoms with Crippen LogP contribution in [0.25, 0.3) is 22.6 Å². The number of amides is 1. The van der Waals surface area contributed by atoms with Gasteiger partial charge in [0.05, 0.1) is 24.9 Å². The molecule has 2 aromatic carbocycles. The number of benzene rings is 2. The standard InChI is InChI=1S/C31H37N5O4/c1-21-6-8-23(9-7-21)18-36-22(2)16-28(33-36)27-17-24(10-11-26(27)29-32-20-39-34-29)19-38-25-12-14-35(15-13-25)30(37)40-31(3,4)5/h6-11,16-17,20,25H,12-15,18-19H2,1-5H3. The van der Waals surface area contributed by atoms with Gasteiger partial charge in [-0.05, 0) is 70.7 Å². The van der Waals surface area contributed by atoms with Gasteiger partial charge in [0, 0.05) is 29.9 Å². The van der Waals surface area contributed by atoms with Gasteiger partial charge in [0.1, 0.15) is 5.60 Å². The van der Waals surface area contributed by atoms with Crippen LogP contribution in [-0.4, -0.2) is 55.7 Å². The van der Waals surface area contributed by atoms with Crippen molar-refractivity contribution in [2.75, 3.05) is 13.1 Å². The molecule has 1 fully saturated rings. The Balaban J connectivity index is 1.30. The largest absolute Gasteiger partial charge is 0.444 e. The molecule has 5 rings (SSSR count). The Morgan fingerprint density at radius 2 is 1.73 bits per heavy atom. The monoisotopic (exact) mass is 543 g/mol. The lowest BCUT2D eigenvalue weighted by atomic mass is 10.0. The lowest BCUT2D eigenvalue weighted by Gasteiger charge is -2.33. The van der Waals surface area contributed by atoms with E-state index in [9.17, 15) is 4.79 Å². The number of likely N-dealkylation sites (tertiary alicyclic amines) is 1. The molecule has 0 bridgehead atoms.